The van der Waals surface area contributed by atoms with E-state index in [2.05, 4.69) is 24.1 Å². The van der Waals surface area contributed by atoms with Crippen molar-refractivity contribution in [3.63, 3.8) is 0 Å². The predicted molar refractivity (Wildman–Crippen MR) is 79.3 cm³/mol. The molecule has 1 aliphatic carbocycles. The van der Waals surface area contributed by atoms with Gasteiger partial charge in [0.15, 0.2) is 0 Å². The second kappa shape index (κ2) is 6.86. The van der Waals surface area contributed by atoms with Crippen molar-refractivity contribution < 1.29 is 13.2 Å². The molecule has 1 unspecified atom stereocenters. The molecular formula is C16H29F3N2. The number of nitrogens with one attached hydrogen (secondary N) is 1. The van der Waals surface area contributed by atoms with E-state index in [1.807, 2.05) is 0 Å². The van der Waals surface area contributed by atoms with Crippen LogP contribution in [0.2, 0.25) is 0 Å². The summed E-state index contributed by atoms with van der Waals surface area (Å²) in [5, 5.41) is 3.62. The summed E-state index contributed by atoms with van der Waals surface area (Å²) >= 11 is 0. The molecule has 1 heterocycles. The molecule has 1 N–H and O–H groups in total. The third-order valence-corrected chi connectivity index (χ3v) is 5.04. The number of hydrogen-bond acceptors (Lipinski definition) is 2. The molecule has 1 saturated carbocycles. The van der Waals surface area contributed by atoms with Crippen molar-refractivity contribution in [2.45, 2.75) is 76.6 Å². The van der Waals surface area contributed by atoms with Crippen molar-refractivity contribution in [2.24, 2.45) is 5.92 Å². The van der Waals surface area contributed by atoms with Crippen molar-refractivity contribution in [1.29, 1.82) is 0 Å². The summed E-state index contributed by atoms with van der Waals surface area (Å²) in [5.74, 6) is 0.576. The van der Waals surface area contributed by atoms with Crippen LogP contribution in [0.5, 0.6) is 0 Å². The molecule has 124 valence electrons. The van der Waals surface area contributed by atoms with Gasteiger partial charge in [-0.25, -0.2) is 0 Å². The normalized spacial score (nSPS) is 27.4. The predicted octanol–water partition coefficient (Wildman–Crippen LogP) is 3.96. The van der Waals surface area contributed by atoms with Crippen molar-refractivity contribution in [2.75, 3.05) is 19.6 Å². The number of alkyl halides is 3. The first-order valence-corrected chi connectivity index (χ1v) is 8.36. The van der Waals surface area contributed by atoms with E-state index in [9.17, 15) is 13.2 Å². The van der Waals surface area contributed by atoms with E-state index in [1.54, 1.807) is 0 Å². The van der Waals surface area contributed by atoms with Crippen LogP contribution in [0.1, 0.15) is 58.8 Å². The van der Waals surface area contributed by atoms with Gasteiger partial charge in [-0.3, -0.25) is 4.90 Å². The zero-order chi connectivity index (χ0) is 15.5. The van der Waals surface area contributed by atoms with Gasteiger partial charge in [-0.15, -0.1) is 0 Å². The first-order chi connectivity index (χ1) is 9.81. The summed E-state index contributed by atoms with van der Waals surface area (Å²) in [4.78, 5) is 2.17. The standard InChI is InChI=1S/C16H29F3N2/c1-13(2)10-14-11-21(9-8-16(17,18)19)15(12-20-14)6-4-3-5-7-15/h13-14,20H,3-12H2,1-2H3. The SMILES string of the molecule is CC(C)CC1CN(CCC(F)(F)F)C2(CCCCC2)CN1. The number of nitrogens with zero attached hydrogens (tertiary/aromatic N) is 1. The molecule has 5 heteroatoms. The summed E-state index contributed by atoms with van der Waals surface area (Å²) in [6.45, 7) is 6.15. The molecule has 2 nitrogen and oxygen atoms in total. The third-order valence-electron chi connectivity index (χ3n) is 5.04. The molecule has 1 aliphatic heterocycles. The van der Waals surface area contributed by atoms with Crippen LogP contribution in [0.4, 0.5) is 13.2 Å². The fourth-order valence-corrected chi connectivity index (χ4v) is 3.99. The summed E-state index contributed by atoms with van der Waals surface area (Å²) < 4.78 is 37.9. The molecule has 1 saturated heterocycles. The minimum Gasteiger partial charge on any atom is -0.311 e. The Morgan fingerprint density at radius 2 is 1.86 bits per heavy atom. The molecule has 2 aliphatic rings. The second-order valence-electron chi connectivity index (χ2n) is 7.30. The highest BCUT2D eigenvalue weighted by atomic mass is 19.4. The number of piperazine rings is 1. The van der Waals surface area contributed by atoms with E-state index in [1.165, 1.54) is 6.42 Å². The van der Waals surface area contributed by atoms with E-state index in [-0.39, 0.29) is 12.1 Å². The Morgan fingerprint density at radius 1 is 1.19 bits per heavy atom. The minimum atomic E-state index is -4.05. The van der Waals surface area contributed by atoms with Gasteiger partial charge >= 0.3 is 6.18 Å². The van der Waals surface area contributed by atoms with Gasteiger partial charge < -0.3 is 5.32 Å². The molecule has 1 atom stereocenters. The zero-order valence-corrected chi connectivity index (χ0v) is 13.3. The van der Waals surface area contributed by atoms with Crippen LogP contribution in [0.3, 0.4) is 0 Å². The van der Waals surface area contributed by atoms with E-state index in [4.69, 9.17) is 0 Å². The highest BCUT2D eigenvalue weighted by Crippen LogP contribution is 2.37. The van der Waals surface area contributed by atoms with Gasteiger partial charge in [-0.05, 0) is 25.2 Å². The van der Waals surface area contributed by atoms with Crippen LogP contribution in [-0.2, 0) is 0 Å². The maximum absolute atomic E-state index is 12.6. The lowest BCUT2D eigenvalue weighted by Gasteiger charge is -2.52. The van der Waals surface area contributed by atoms with E-state index in [0.29, 0.717) is 12.0 Å². The Balaban J connectivity index is 2.02. The van der Waals surface area contributed by atoms with Gasteiger partial charge in [-0.2, -0.15) is 13.2 Å². The fraction of sp³-hybridized carbons (Fsp3) is 1.00. The molecular weight excluding hydrogens is 277 g/mol. The van der Waals surface area contributed by atoms with E-state index in [0.717, 1.165) is 45.2 Å². The van der Waals surface area contributed by atoms with Crippen LogP contribution in [0.15, 0.2) is 0 Å². The summed E-state index contributed by atoms with van der Waals surface area (Å²) in [6.07, 6.45) is 1.94. The molecule has 2 fully saturated rings. The maximum atomic E-state index is 12.6. The van der Waals surface area contributed by atoms with E-state index >= 15 is 0 Å². The molecule has 0 aromatic rings. The third kappa shape index (κ3) is 4.85. The lowest BCUT2D eigenvalue weighted by molar-refractivity contribution is -0.144. The van der Waals surface area contributed by atoms with Crippen LogP contribution >= 0.6 is 0 Å². The smallest absolute Gasteiger partial charge is 0.311 e. The Hall–Kier alpha value is -0.290. The van der Waals surface area contributed by atoms with Crippen LogP contribution < -0.4 is 5.32 Å². The van der Waals surface area contributed by atoms with Crippen molar-refractivity contribution in [3.8, 4) is 0 Å². The number of hydrogen-bond donors (Lipinski definition) is 1. The molecule has 0 aromatic heterocycles. The Labute approximate surface area is 126 Å². The maximum Gasteiger partial charge on any atom is 0.390 e. The van der Waals surface area contributed by atoms with Gasteiger partial charge in [0, 0.05) is 31.2 Å². The Morgan fingerprint density at radius 3 is 2.43 bits per heavy atom. The molecule has 1 spiro atoms. The van der Waals surface area contributed by atoms with Gasteiger partial charge in [0.2, 0.25) is 0 Å². The van der Waals surface area contributed by atoms with Gasteiger partial charge in [0.05, 0.1) is 6.42 Å². The monoisotopic (exact) mass is 306 g/mol. The van der Waals surface area contributed by atoms with Gasteiger partial charge in [0.25, 0.3) is 0 Å². The molecule has 0 aromatic carbocycles. The molecule has 0 amide bonds. The molecule has 0 bridgehead atoms. The largest absolute Gasteiger partial charge is 0.390 e. The first kappa shape index (κ1) is 17.1. The first-order valence-electron chi connectivity index (χ1n) is 8.36. The Bertz CT molecular complexity index is 322. The summed E-state index contributed by atoms with van der Waals surface area (Å²) in [7, 11) is 0. The van der Waals surface area contributed by atoms with E-state index < -0.39 is 12.6 Å². The topological polar surface area (TPSA) is 15.3 Å². The van der Waals surface area contributed by atoms with Gasteiger partial charge in [-0.1, -0.05) is 33.1 Å². The lowest BCUT2D eigenvalue weighted by atomic mass is 9.77. The minimum absolute atomic E-state index is 0.0169. The quantitative estimate of drug-likeness (QED) is 0.845. The number of rotatable bonds is 4. The van der Waals surface area contributed by atoms with Crippen LogP contribution in [0.25, 0.3) is 0 Å². The lowest BCUT2D eigenvalue weighted by Crippen LogP contribution is -2.65. The second-order valence-corrected chi connectivity index (χ2v) is 7.30. The van der Waals surface area contributed by atoms with Crippen LogP contribution in [0, 0.1) is 5.92 Å². The van der Waals surface area contributed by atoms with Gasteiger partial charge in [0.1, 0.15) is 0 Å². The average Bonchev–Trinajstić information content (AvgIpc) is 2.39. The van der Waals surface area contributed by atoms with Crippen molar-refractivity contribution >= 4 is 0 Å². The summed E-state index contributed by atoms with van der Waals surface area (Å²) in [5.41, 5.74) is -0.0169. The van der Waals surface area contributed by atoms with Crippen molar-refractivity contribution in [3.05, 3.63) is 0 Å². The number of halogens is 3. The highest BCUT2D eigenvalue weighted by Gasteiger charge is 2.43. The Kier molecular flexibility index (Phi) is 5.58. The van der Waals surface area contributed by atoms with Crippen molar-refractivity contribution in [1.82, 2.24) is 10.2 Å². The van der Waals surface area contributed by atoms with Crippen LogP contribution in [-0.4, -0.2) is 42.3 Å². The zero-order valence-electron chi connectivity index (χ0n) is 13.3. The average molecular weight is 306 g/mol. The molecule has 21 heavy (non-hydrogen) atoms. The fourth-order valence-electron chi connectivity index (χ4n) is 3.99. The highest BCUT2D eigenvalue weighted by molar-refractivity contribution is 5.00. The molecule has 0 radical (unpaired) electrons. The molecule has 2 rings (SSSR count). The summed E-state index contributed by atoms with van der Waals surface area (Å²) in [6, 6.07) is 0.339.